The van der Waals surface area contributed by atoms with Gasteiger partial charge in [0.2, 0.25) is 11.8 Å². The number of hydrogen-bond acceptors (Lipinski definition) is 8. The first-order chi connectivity index (χ1) is 23.7. The number of carbonyl (C=O) groups excluding carboxylic acids is 2. The van der Waals surface area contributed by atoms with E-state index in [9.17, 15) is 14.0 Å². The lowest BCUT2D eigenvalue weighted by atomic mass is 9.79. The summed E-state index contributed by atoms with van der Waals surface area (Å²) in [5.74, 6) is 0.508. The van der Waals surface area contributed by atoms with E-state index < -0.39 is 5.91 Å². The van der Waals surface area contributed by atoms with Crippen LogP contribution >= 0.6 is 23.2 Å². The van der Waals surface area contributed by atoms with Crippen LogP contribution in [0, 0.1) is 5.41 Å². The Morgan fingerprint density at radius 1 is 1.10 bits per heavy atom. The number of methoxy groups -OCH3 is 1. The minimum absolute atomic E-state index is 0.0399. The van der Waals surface area contributed by atoms with Crippen molar-refractivity contribution >= 4 is 40.7 Å². The molecule has 7 rings (SSSR count). The standard InChI is InChI=1S/C35H37Cl2FN8O3/c1-44-27-10-14-45(13-4-11-38)17-26(27)41-32(44)33(48)42-25-6-3-5-23(29(25)36)31-30(37)22(9-12-39-31)24-8-7-21(34(43-24)49-2)16-46-19-35(20-46)15-28(47)40-18-35/h3,5-9,12H,4,10-11,13-20H2,1-2H3,(H,40,47)(H,42,48). The van der Waals surface area contributed by atoms with Crippen molar-refractivity contribution in [3.8, 4) is 28.4 Å². The van der Waals surface area contributed by atoms with Crippen molar-refractivity contribution in [3.05, 3.63) is 75.4 Å². The largest absolute Gasteiger partial charge is 0.481 e. The van der Waals surface area contributed by atoms with Gasteiger partial charge in [0.05, 0.1) is 46.6 Å². The number of halogens is 3. The highest BCUT2D eigenvalue weighted by Crippen LogP contribution is 2.41. The molecule has 1 aromatic carbocycles. The van der Waals surface area contributed by atoms with Crippen molar-refractivity contribution in [1.29, 1.82) is 0 Å². The van der Waals surface area contributed by atoms with E-state index in [4.69, 9.17) is 32.9 Å². The average molecular weight is 708 g/mol. The van der Waals surface area contributed by atoms with Gasteiger partial charge in [-0.05, 0) is 24.6 Å². The van der Waals surface area contributed by atoms with E-state index in [0.717, 1.165) is 49.6 Å². The number of fused-ring (bicyclic) bond motifs is 1. The highest BCUT2D eigenvalue weighted by Gasteiger charge is 2.48. The van der Waals surface area contributed by atoms with E-state index >= 15 is 0 Å². The average Bonchev–Trinajstić information content (AvgIpc) is 3.64. The normalized spacial score (nSPS) is 17.1. The lowest BCUT2D eigenvalue weighted by molar-refractivity contribution is -0.120. The van der Waals surface area contributed by atoms with Crippen molar-refractivity contribution in [2.75, 3.05) is 51.8 Å². The maximum atomic E-state index is 13.5. The molecule has 6 heterocycles. The first kappa shape index (κ1) is 33.4. The number of likely N-dealkylation sites (tertiary alicyclic amines) is 1. The first-order valence-corrected chi connectivity index (χ1v) is 17.0. The van der Waals surface area contributed by atoms with Crippen LogP contribution in [0.15, 0.2) is 42.6 Å². The molecule has 0 aliphatic carbocycles. The molecule has 3 aliphatic heterocycles. The molecule has 14 heteroatoms. The molecule has 2 saturated heterocycles. The molecule has 0 radical (unpaired) electrons. The molecule has 0 atom stereocenters. The third kappa shape index (κ3) is 6.50. The summed E-state index contributed by atoms with van der Waals surface area (Å²) in [6, 6.07) is 11.0. The summed E-state index contributed by atoms with van der Waals surface area (Å²) in [6.07, 6.45) is 3.44. The number of nitrogens with zero attached hydrogens (tertiary/aromatic N) is 6. The molecular weight excluding hydrogens is 670 g/mol. The number of carbonyl (C=O) groups is 2. The molecular formula is C35H37Cl2FN8O3. The minimum atomic E-state index is -0.391. The van der Waals surface area contributed by atoms with E-state index in [1.165, 1.54) is 0 Å². The van der Waals surface area contributed by atoms with Crippen molar-refractivity contribution < 1.29 is 18.7 Å². The molecule has 11 nitrogen and oxygen atoms in total. The number of alkyl halides is 1. The van der Waals surface area contributed by atoms with Crippen molar-refractivity contribution in [2.24, 2.45) is 12.5 Å². The van der Waals surface area contributed by atoms with Gasteiger partial charge in [0.1, 0.15) is 0 Å². The SMILES string of the molecule is COc1nc(-c2ccnc(-c3cccc(NC(=O)c4nc5c(n4C)CCN(CCCF)C5)c3Cl)c2Cl)ccc1CN1CC2(CNC(=O)C2)C1. The summed E-state index contributed by atoms with van der Waals surface area (Å²) in [5.41, 5.74) is 5.46. The molecule has 4 aromatic rings. The summed E-state index contributed by atoms with van der Waals surface area (Å²) >= 11 is 13.9. The maximum absolute atomic E-state index is 13.5. The fourth-order valence-corrected chi connectivity index (χ4v) is 7.80. The lowest BCUT2D eigenvalue weighted by Gasteiger charge is -2.47. The molecule has 0 unspecified atom stereocenters. The highest BCUT2D eigenvalue weighted by molar-refractivity contribution is 6.39. The van der Waals surface area contributed by atoms with Crippen molar-refractivity contribution in [1.82, 2.24) is 34.6 Å². The van der Waals surface area contributed by atoms with Gasteiger partial charge in [-0.25, -0.2) is 9.97 Å². The van der Waals surface area contributed by atoms with Crippen LogP contribution in [0.25, 0.3) is 22.5 Å². The zero-order valence-electron chi connectivity index (χ0n) is 27.4. The van der Waals surface area contributed by atoms with Crippen molar-refractivity contribution in [2.45, 2.75) is 32.4 Å². The van der Waals surface area contributed by atoms with Gasteiger partial charge >= 0.3 is 0 Å². The van der Waals surface area contributed by atoms with Crippen LogP contribution in [-0.4, -0.2) is 87.6 Å². The van der Waals surface area contributed by atoms with Gasteiger partial charge in [-0.15, -0.1) is 0 Å². The molecule has 49 heavy (non-hydrogen) atoms. The minimum Gasteiger partial charge on any atom is -0.481 e. The monoisotopic (exact) mass is 706 g/mol. The third-order valence-electron chi connectivity index (χ3n) is 9.65. The first-order valence-electron chi connectivity index (χ1n) is 16.3. The number of pyridine rings is 2. The topological polar surface area (TPSA) is 118 Å². The molecule has 2 N–H and O–H groups in total. The number of rotatable bonds is 10. The molecule has 2 fully saturated rings. The smallest absolute Gasteiger partial charge is 0.291 e. The molecule has 1 spiro atoms. The quantitative estimate of drug-likeness (QED) is 0.233. The Bertz CT molecular complexity index is 1930. The summed E-state index contributed by atoms with van der Waals surface area (Å²) < 4.78 is 20.2. The number of anilines is 1. The van der Waals surface area contributed by atoms with Gasteiger partial charge in [-0.3, -0.25) is 28.8 Å². The van der Waals surface area contributed by atoms with Gasteiger partial charge in [0.15, 0.2) is 5.82 Å². The summed E-state index contributed by atoms with van der Waals surface area (Å²) in [6.45, 7) is 4.77. The Morgan fingerprint density at radius 3 is 2.69 bits per heavy atom. The van der Waals surface area contributed by atoms with E-state index in [2.05, 4.69) is 30.4 Å². The molecule has 2 amide bonds. The fraction of sp³-hybridized carbons (Fsp3) is 0.400. The summed E-state index contributed by atoms with van der Waals surface area (Å²) in [7, 11) is 3.42. The number of benzene rings is 1. The summed E-state index contributed by atoms with van der Waals surface area (Å²) in [5, 5.41) is 6.50. The molecule has 256 valence electrons. The van der Waals surface area contributed by atoms with Gasteiger partial charge < -0.3 is 19.9 Å². The second-order valence-corrected chi connectivity index (χ2v) is 13.8. The zero-order valence-corrected chi connectivity index (χ0v) is 28.9. The van der Waals surface area contributed by atoms with E-state index in [1.807, 2.05) is 23.7 Å². The zero-order chi connectivity index (χ0) is 34.3. The molecule has 3 aromatic heterocycles. The third-order valence-corrected chi connectivity index (χ3v) is 10.4. The van der Waals surface area contributed by atoms with E-state index in [0.29, 0.717) is 71.6 Å². The number of imidazole rings is 1. The lowest BCUT2D eigenvalue weighted by Crippen LogP contribution is -2.56. The van der Waals surface area contributed by atoms with E-state index in [1.54, 1.807) is 37.6 Å². The number of amides is 2. The van der Waals surface area contributed by atoms with Crippen LogP contribution in [0.2, 0.25) is 10.0 Å². The Hall–Kier alpha value is -4.10. The Balaban J connectivity index is 1.09. The van der Waals surface area contributed by atoms with Crippen LogP contribution in [0.4, 0.5) is 10.1 Å². The van der Waals surface area contributed by atoms with E-state index in [-0.39, 0.29) is 28.8 Å². The highest BCUT2D eigenvalue weighted by atomic mass is 35.5. The van der Waals surface area contributed by atoms with Gasteiger partial charge in [-0.2, -0.15) is 0 Å². The summed E-state index contributed by atoms with van der Waals surface area (Å²) in [4.78, 5) is 43.6. The number of nitrogens with one attached hydrogen (secondary N) is 2. The number of ether oxygens (including phenoxy) is 1. The van der Waals surface area contributed by atoms with Gasteiger partial charge in [0, 0.05) is 99.7 Å². The molecule has 0 saturated carbocycles. The Labute approximate surface area is 293 Å². The molecule has 3 aliphatic rings. The second-order valence-electron chi connectivity index (χ2n) is 13.1. The van der Waals surface area contributed by atoms with Gasteiger partial charge in [0.25, 0.3) is 5.91 Å². The fourth-order valence-electron chi connectivity index (χ4n) is 7.23. The van der Waals surface area contributed by atoms with Crippen LogP contribution in [0.5, 0.6) is 5.88 Å². The molecule has 0 bridgehead atoms. The predicted molar refractivity (Wildman–Crippen MR) is 186 cm³/mol. The number of hydrogen-bond donors (Lipinski definition) is 2. The van der Waals surface area contributed by atoms with Crippen LogP contribution in [-0.2, 0) is 31.4 Å². The van der Waals surface area contributed by atoms with Crippen LogP contribution < -0.4 is 15.4 Å². The van der Waals surface area contributed by atoms with Crippen LogP contribution in [0.1, 0.15) is 40.4 Å². The van der Waals surface area contributed by atoms with Crippen molar-refractivity contribution in [3.63, 3.8) is 0 Å². The Kier molecular flexibility index (Phi) is 9.31. The Morgan fingerprint density at radius 2 is 1.94 bits per heavy atom. The van der Waals surface area contributed by atoms with Gasteiger partial charge in [-0.1, -0.05) is 41.4 Å². The second kappa shape index (κ2) is 13.7. The maximum Gasteiger partial charge on any atom is 0.291 e. The number of aromatic nitrogens is 4. The predicted octanol–water partition coefficient (Wildman–Crippen LogP) is 5.15. The van der Waals surface area contributed by atoms with Crippen LogP contribution in [0.3, 0.4) is 0 Å².